The second-order valence-corrected chi connectivity index (χ2v) is 6.11. The first-order valence-electron chi connectivity index (χ1n) is 7.18. The zero-order valence-corrected chi connectivity index (χ0v) is 13.5. The van der Waals surface area contributed by atoms with Crippen LogP contribution >= 0.6 is 12.2 Å². The van der Waals surface area contributed by atoms with Crippen LogP contribution in [0.2, 0.25) is 0 Å². The first-order valence-corrected chi connectivity index (χ1v) is 7.59. The summed E-state index contributed by atoms with van der Waals surface area (Å²) >= 11 is 5.05. The molecule has 1 saturated carbocycles. The summed E-state index contributed by atoms with van der Waals surface area (Å²) in [6, 6.07) is -0.551. The summed E-state index contributed by atoms with van der Waals surface area (Å²) in [6.07, 6.45) is 1.33. The minimum atomic E-state index is -0.757. The normalized spacial score (nSPS) is 26.3. The number of carbonyl (C=O) groups is 2. The lowest BCUT2D eigenvalue weighted by atomic mass is 9.62. The van der Waals surface area contributed by atoms with Crippen LogP contribution in [0.4, 0.5) is 0 Å². The molecule has 1 aliphatic rings. The lowest BCUT2D eigenvalue weighted by Crippen LogP contribution is -2.59. The van der Waals surface area contributed by atoms with E-state index in [2.05, 4.69) is 12.2 Å². The van der Waals surface area contributed by atoms with Crippen molar-refractivity contribution >= 4 is 29.0 Å². The van der Waals surface area contributed by atoms with Crippen LogP contribution in [0.3, 0.4) is 0 Å². The summed E-state index contributed by atoms with van der Waals surface area (Å²) in [7, 11) is 0. The molecule has 6 heteroatoms. The molecule has 0 bridgehead atoms. The van der Waals surface area contributed by atoms with E-state index >= 15 is 0 Å². The highest BCUT2D eigenvalue weighted by Crippen LogP contribution is 2.46. The molecular formula is C14H25N3O2S. The molecule has 0 aromatic rings. The topological polar surface area (TPSA) is 75.4 Å². The average Bonchev–Trinajstić information content (AvgIpc) is 2.35. The molecule has 0 aromatic heterocycles. The van der Waals surface area contributed by atoms with Crippen molar-refractivity contribution in [1.82, 2.24) is 10.2 Å². The second-order valence-electron chi connectivity index (χ2n) is 5.67. The molecule has 0 saturated heterocycles. The number of nitrogens with two attached hydrogens (primary N) is 1. The molecule has 3 N–H and O–H groups in total. The number of nitrogens with one attached hydrogen (secondary N) is 1. The number of likely N-dealkylation sites (N-methyl/N-ethyl adjacent to an activating group) is 1. The number of carbonyl (C=O) groups excluding carboxylic acids is 2. The van der Waals surface area contributed by atoms with Crippen molar-refractivity contribution in [3.8, 4) is 0 Å². The Kier molecular flexibility index (Phi) is 5.50. The molecular weight excluding hydrogens is 274 g/mol. The molecule has 1 fully saturated rings. The van der Waals surface area contributed by atoms with Crippen LogP contribution in [0.5, 0.6) is 0 Å². The zero-order valence-electron chi connectivity index (χ0n) is 12.7. The highest BCUT2D eigenvalue weighted by Gasteiger charge is 2.51. The molecule has 0 radical (unpaired) electrons. The van der Waals surface area contributed by atoms with Gasteiger partial charge in [-0.25, -0.2) is 0 Å². The molecule has 20 heavy (non-hydrogen) atoms. The Morgan fingerprint density at radius 1 is 1.40 bits per heavy atom. The Bertz CT molecular complexity index is 401. The average molecular weight is 299 g/mol. The summed E-state index contributed by atoms with van der Waals surface area (Å²) in [4.78, 5) is 26.5. The molecule has 1 unspecified atom stereocenters. The van der Waals surface area contributed by atoms with Gasteiger partial charge in [-0.15, -0.1) is 0 Å². The van der Waals surface area contributed by atoms with Gasteiger partial charge in [-0.1, -0.05) is 19.1 Å². The molecule has 0 spiro atoms. The Hall–Kier alpha value is -1.17. The zero-order chi connectivity index (χ0) is 15.5. The van der Waals surface area contributed by atoms with Gasteiger partial charge < -0.3 is 16.0 Å². The van der Waals surface area contributed by atoms with Crippen LogP contribution < -0.4 is 11.1 Å². The van der Waals surface area contributed by atoms with Crippen LogP contribution in [0.1, 0.15) is 40.5 Å². The van der Waals surface area contributed by atoms with Gasteiger partial charge in [0.25, 0.3) is 0 Å². The second kappa shape index (κ2) is 6.52. The highest BCUT2D eigenvalue weighted by atomic mass is 32.1. The van der Waals surface area contributed by atoms with Gasteiger partial charge in [0.15, 0.2) is 0 Å². The molecule has 1 atom stereocenters. The highest BCUT2D eigenvalue weighted by molar-refractivity contribution is 7.80. The van der Waals surface area contributed by atoms with Gasteiger partial charge in [-0.05, 0) is 39.5 Å². The van der Waals surface area contributed by atoms with Gasteiger partial charge in [0, 0.05) is 13.1 Å². The fourth-order valence-corrected chi connectivity index (χ4v) is 3.09. The van der Waals surface area contributed by atoms with Gasteiger partial charge in [0.05, 0.1) is 10.4 Å². The van der Waals surface area contributed by atoms with Crippen molar-refractivity contribution < 1.29 is 9.59 Å². The lowest BCUT2D eigenvalue weighted by Gasteiger charge is -2.44. The predicted octanol–water partition coefficient (Wildman–Crippen LogP) is 1.06. The SMILES string of the molecule is CCN(CC)C(=O)C(C)NC(=O)C1(C(N)=S)CC(C)C1. The molecule has 1 aliphatic carbocycles. The molecule has 1 rings (SSSR count). The summed E-state index contributed by atoms with van der Waals surface area (Å²) in [5.41, 5.74) is 4.98. The molecule has 0 aromatic carbocycles. The number of thiocarbonyl (C=S) groups is 1. The summed E-state index contributed by atoms with van der Waals surface area (Å²) < 4.78 is 0. The monoisotopic (exact) mass is 299 g/mol. The van der Waals surface area contributed by atoms with E-state index in [1.165, 1.54) is 0 Å². The minimum Gasteiger partial charge on any atom is -0.392 e. The Labute approximate surface area is 126 Å². The molecule has 2 amide bonds. The third kappa shape index (κ3) is 3.11. The van der Waals surface area contributed by atoms with E-state index in [-0.39, 0.29) is 16.8 Å². The number of rotatable bonds is 6. The lowest BCUT2D eigenvalue weighted by molar-refractivity contribution is -0.140. The van der Waals surface area contributed by atoms with Crippen LogP contribution in [0.25, 0.3) is 0 Å². The first kappa shape index (κ1) is 16.9. The minimum absolute atomic E-state index is 0.0752. The standard InChI is InChI=1S/C14H25N3O2S/c1-5-17(6-2)11(18)10(4)16-13(19)14(12(15)20)7-9(3)8-14/h9-10H,5-8H2,1-4H3,(H2,15,20)(H,16,19). The van der Waals surface area contributed by atoms with Crippen molar-refractivity contribution in [1.29, 1.82) is 0 Å². The molecule has 114 valence electrons. The van der Waals surface area contributed by atoms with Gasteiger partial charge in [-0.2, -0.15) is 0 Å². The van der Waals surface area contributed by atoms with E-state index in [0.29, 0.717) is 31.8 Å². The van der Waals surface area contributed by atoms with Crippen LogP contribution in [0, 0.1) is 11.3 Å². The van der Waals surface area contributed by atoms with Crippen molar-refractivity contribution in [3.05, 3.63) is 0 Å². The molecule has 0 heterocycles. The van der Waals surface area contributed by atoms with Gasteiger partial charge in [0.1, 0.15) is 6.04 Å². The van der Waals surface area contributed by atoms with E-state index in [9.17, 15) is 9.59 Å². The fourth-order valence-electron chi connectivity index (χ4n) is 2.83. The van der Waals surface area contributed by atoms with Crippen LogP contribution in [-0.2, 0) is 9.59 Å². The van der Waals surface area contributed by atoms with E-state index in [0.717, 1.165) is 0 Å². The van der Waals surface area contributed by atoms with Crippen LogP contribution in [0.15, 0.2) is 0 Å². The third-order valence-electron chi connectivity index (χ3n) is 4.09. The maximum atomic E-state index is 12.4. The van der Waals surface area contributed by atoms with Gasteiger partial charge in [-0.3, -0.25) is 9.59 Å². The predicted molar refractivity (Wildman–Crippen MR) is 83.1 cm³/mol. The smallest absolute Gasteiger partial charge is 0.244 e. The Balaban J connectivity index is 2.70. The van der Waals surface area contributed by atoms with Gasteiger partial charge in [0.2, 0.25) is 11.8 Å². The fraction of sp³-hybridized carbons (Fsp3) is 0.786. The maximum absolute atomic E-state index is 12.4. The van der Waals surface area contributed by atoms with Crippen LogP contribution in [-0.4, -0.2) is 40.8 Å². The van der Waals surface area contributed by atoms with Crippen molar-refractivity contribution in [2.75, 3.05) is 13.1 Å². The Morgan fingerprint density at radius 2 is 1.90 bits per heavy atom. The summed E-state index contributed by atoms with van der Waals surface area (Å²) in [5, 5.41) is 2.78. The summed E-state index contributed by atoms with van der Waals surface area (Å²) in [6.45, 7) is 8.86. The quantitative estimate of drug-likeness (QED) is 0.719. The van der Waals surface area contributed by atoms with Gasteiger partial charge >= 0.3 is 0 Å². The number of hydrogen-bond acceptors (Lipinski definition) is 3. The molecule has 5 nitrogen and oxygen atoms in total. The largest absolute Gasteiger partial charge is 0.392 e. The van der Waals surface area contributed by atoms with E-state index in [1.807, 2.05) is 13.8 Å². The number of hydrogen-bond donors (Lipinski definition) is 2. The van der Waals surface area contributed by atoms with E-state index < -0.39 is 11.5 Å². The van der Waals surface area contributed by atoms with Crippen molar-refractivity contribution in [3.63, 3.8) is 0 Å². The van der Waals surface area contributed by atoms with Crippen molar-refractivity contribution in [2.24, 2.45) is 17.1 Å². The van der Waals surface area contributed by atoms with E-state index in [1.54, 1.807) is 11.8 Å². The van der Waals surface area contributed by atoms with E-state index in [4.69, 9.17) is 18.0 Å². The molecule has 0 aliphatic heterocycles. The summed E-state index contributed by atoms with van der Waals surface area (Å²) in [5.74, 6) is 0.154. The van der Waals surface area contributed by atoms with Crippen molar-refractivity contribution in [2.45, 2.75) is 46.6 Å². The number of nitrogens with zero attached hydrogens (tertiary/aromatic N) is 1. The third-order valence-corrected chi connectivity index (χ3v) is 4.48. The maximum Gasteiger partial charge on any atom is 0.244 e. The number of amides is 2. The Morgan fingerprint density at radius 3 is 2.25 bits per heavy atom. The first-order chi connectivity index (χ1) is 9.28.